The fourth-order valence-corrected chi connectivity index (χ4v) is 1.28. The van der Waals surface area contributed by atoms with Crippen LogP contribution in [0.3, 0.4) is 0 Å². The number of rotatable bonds is 0. The Balaban J connectivity index is 3.06. The SMILES string of the molecule is C[NH+]=C1C(N)C(=O)N(C)C(=O)N1C. The number of hydrogen-bond donors (Lipinski definition) is 2. The van der Waals surface area contributed by atoms with Gasteiger partial charge in [-0.3, -0.25) is 9.79 Å². The van der Waals surface area contributed by atoms with Crippen molar-refractivity contribution in [2.45, 2.75) is 6.04 Å². The maximum atomic E-state index is 11.4. The van der Waals surface area contributed by atoms with Gasteiger partial charge in [0.2, 0.25) is 0 Å². The third-order valence-corrected chi connectivity index (χ3v) is 2.08. The Bertz CT molecular complexity index is 262. The fourth-order valence-electron chi connectivity index (χ4n) is 1.28. The lowest BCUT2D eigenvalue weighted by atomic mass is 10.2. The van der Waals surface area contributed by atoms with Gasteiger partial charge < -0.3 is 5.73 Å². The second kappa shape index (κ2) is 3.14. The monoisotopic (exact) mass is 185 g/mol. The van der Waals surface area contributed by atoms with E-state index >= 15 is 0 Å². The minimum absolute atomic E-state index is 0.379. The van der Waals surface area contributed by atoms with E-state index in [0.717, 1.165) is 4.90 Å². The fraction of sp³-hybridized carbons (Fsp3) is 0.571. The van der Waals surface area contributed by atoms with E-state index in [1.54, 1.807) is 14.1 Å². The van der Waals surface area contributed by atoms with Crippen molar-refractivity contribution in [1.29, 1.82) is 0 Å². The van der Waals surface area contributed by atoms with E-state index in [9.17, 15) is 9.59 Å². The zero-order valence-electron chi connectivity index (χ0n) is 7.87. The van der Waals surface area contributed by atoms with Crippen LogP contribution in [0.2, 0.25) is 0 Å². The maximum absolute atomic E-state index is 11.4. The first-order valence-electron chi connectivity index (χ1n) is 3.86. The summed E-state index contributed by atoms with van der Waals surface area (Å²) in [5.74, 6) is 0.0283. The lowest BCUT2D eigenvalue weighted by Crippen LogP contribution is -2.81. The molecule has 0 aromatic rings. The molecule has 6 heteroatoms. The molecule has 6 nitrogen and oxygen atoms in total. The molecule has 1 saturated heterocycles. The second-order valence-corrected chi connectivity index (χ2v) is 2.85. The molecule has 0 aromatic heterocycles. The smallest absolute Gasteiger partial charge is 0.310 e. The normalized spacial score (nSPS) is 27.4. The van der Waals surface area contributed by atoms with Gasteiger partial charge in [0.15, 0.2) is 6.04 Å². The first-order chi connectivity index (χ1) is 6.00. The van der Waals surface area contributed by atoms with Gasteiger partial charge in [-0.25, -0.2) is 9.69 Å². The van der Waals surface area contributed by atoms with E-state index in [0.29, 0.717) is 5.84 Å². The van der Waals surface area contributed by atoms with Crippen LogP contribution in [-0.2, 0) is 4.79 Å². The summed E-state index contributed by atoms with van der Waals surface area (Å²) in [6, 6.07) is -1.16. The molecule has 0 bridgehead atoms. The average Bonchev–Trinajstić information content (AvgIpc) is 2.13. The van der Waals surface area contributed by atoms with Crippen LogP contribution in [0.4, 0.5) is 4.79 Å². The molecule has 1 aliphatic rings. The van der Waals surface area contributed by atoms with Gasteiger partial charge in [-0.1, -0.05) is 0 Å². The molecule has 1 fully saturated rings. The number of carbonyl (C=O) groups is 2. The van der Waals surface area contributed by atoms with Crippen LogP contribution in [-0.4, -0.2) is 54.8 Å². The molecule has 3 amide bonds. The van der Waals surface area contributed by atoms with Gasteiger partial charge >= 0.3 is 6.03 Å². The van der Waals surface area contributed by atoms with E-state index in [2.05, 4.69) is 4.99 Å². The summed E-state index contributed by atoms with van der Waals surface area (Å²) >= 11 is 0. The molecule has 1 unspecified atom stereocenters. The van der Waals surface area contributed by atoms with Gasteiger partial charge in [0.05, 0.1) is 14.1 Å². The molecule has 3 N–H and O–H groups in total. The van der Waals surface area contributed by atoms with Crippen LogP contribution in [0.5, 0.6) is 0 Å². The number of hydrogen-bond acceptors (Lipinski definition) is 3. The number of amidine groups is 1. The van der Waals surface area contributed by atoms with Crippen molar-refractivity contribution in [2.75, 3.05) is 21.1 Å². The number of carbonyl (C=O) groups excluding carboxylic acids is 2. The van der Waals surface area contributed by atoms with E-state index in [1.807, 2.05) is 0 Å². The maximum Gasteiger partial charge on any atom is 0.417 e. The highest BCUT2D eigenvalue weighted by atomic mass is 16.2. The molecule has 0 aliphatic carbocycles. The third-order valence-electron chi connectivity index (χ3n) is 2.08. The Morgan fingerprint density at radius 2 is 1.85 bits per heavy atom. The Morgan fingerprint density at radius 3 is 2.31 bits per heavy atom. The first kappa shape index (κ1) is 9.66. The van der Waals surface area contributed by atoms with Crippen molar-refractivity contribution >= 4 is 17.8 Å². The Labute approximate surface area is 76.0 Å². The zero-order chi connectivity index (χ0) is 10.2. The summed E-state index contributed by atoms with van der Waals surface area (Å²) in [6.45, 7) is 0. The predicted octanol–water partition coefficient (Wildman–Crippen LogP) is -3.05. The number of imide groups is 1. The van der Waals surface area contributed by atoms with Crippen LogP contribution in [0.15, 0.2) is 0 Å². The third kappa shape index (κ3) is 1.29. The second-order valence-electron chi connectivity index (χ2n) is 2.85. The quantitative estimate of drug-likeness (QED) is 0.420. The van der Waals surface area contributed by atoms with Gasteiger partial charge in [-0.05, 0) is 0 Å². The molecule has 1 atom stereocenters. The molecular weight excluding hydrogens is 172 g/mol. The van der Waals surface area contributed by atoms with E-state index in [-0.39, 0.29) is 6.03 Å². The summed E-state index contributed by atoms with van der Waals surface area (Å²) in [7, 11) is 4.60. The number of nitrogens with two attached hydrogens (primary N) is 1. The molecule has 1 aliphatic heterocycles. The summed E-state index contributed by atoms with van der Waals surface area (Å²) in [4.78, 5) is 27.8. The number of nitrogens with zero attached hydrogens (tertiary/aromatic N) is 2. The summed E-state index contributed by atoms with van der Waals surface area (Å²) in [6.07, 6.45) is 0. The van der Waals surface area contributed by atoms with Crippen LogP contribution in [0.1, 0.15) is 0 Å². The lowest BCUT2D eigenvalue weighted by molar-refractivity contribution is -0.427. The summed E-state index contributed by atoms with van der Waals surface area (Å²) in [5, 5.41) is 0. The molecule has 13 heavy (non-hydrogen) atoms. The molecule has 0 aromatic carbocycles. The molecule has 0 saturated carbocycles. The minimum Gasteiger partial charge on any atom is -0.310 e. The van der Waals surface area contributed by atoms with Crippen molar-refractivity contribution in [3.05, 3.63) is 0 Å². The van der Waals surface area contributed by atoms with Crippen molar-refractivity contribution < 1.29 is 14.6 Å². The highest BCUT2D eigenvalue weighted by Gasteiger charge is 2.44. The van der Waals surface area contributed by atoms with E-state index in [1.165, 1.54) is 11.9 Å². The largest absolute Gasteiger partial charge is 0.417 e. The summed E-state index contributed by atoms with van der Waals surface area (Å²) in [5.41, 5.74) is 5.59. The van der Waals surface area contributed by atoms with Crippen molar-refractivity contribution in [3.63, 3.8) is 0 Å². The van der Waals surface area contributed by atoms with Crippen LogP contribution >= 0.6 is 0 Å². The topological polar surface area (TPSA) is 80.6 Å². The molecule has 1 rings (SSSR count). The van der Waals surface area contributed by atoms with Gasteiger partial charge in [0, 0.05) is 7.05 Å². The van der Waals surface area contributed by atoms with Gasteiger partial charge in [-0.15, -0.1) is 0 Å². The lowest BCUT2D eigenvalue weighted by Gasteiger charge is -2.27. The molecular formula is C7H13N4O2+. The van der Waals surface area contributed by atoms with Gasteiger partial charge in [-0.2, -0.15) is 4.90 Å². The number of amides is 3. The molecule has 0 radical (unpaired) electrons. The summed E-state index contributed by atoms with van der Waals surface area (Å²) < 4.78 is 0. The van der Waals surface area contributed by atoms with E-state index in [4.69, 9.17) is 5.73 Å². The van der Waals surface area contributed by atoms with Crippen molar-refractivity contribution in [3.8, 4) is 0 Å². The Morgan fingerprint density at radius 1 is 1.31 bits per heavy atom. The average molecular weight is 185 g/mol. The predicted molar refractivity (Wildman–Crippen MR) is 45.8 cm³/mol. The molecule has 1 heterocycles. The van der Waals surface area contributed by atoms with Crippen molar-refractivity contribution in [2.24, 2.45) is 5.73 Å². The number of likely N-dealkylation sites (N-methyl/N-ethyl adjacent to an activating group) is 2. The number of nitrogens with one attached hydrogen (secondary N) is 1. The van der Waals surface area contributed by atoms with Crippen LogP contribution in [0, 0.1) is 0 Å². The first-order valence-corrected chi connectivity index (χ1v) is 3.86. The zero-order valence-corrected chi connectivity index (χ0v) is 7.87. The molecule has 0 spiro atoms. The Kier molecular flexibility index (Phi) is 2.33. The number of urea groups is 1. The molecule has 72 valence electrons. The Hall–Kier alpha value is -1.43. The van der Waals surface area contributed by atoms with Crippen LogP contribution in [0.25, 0.3) is 0 Å². The highest BCUT2D eigenvalue weighted by Crippen LogP contribution is 2.05. The van der Waals surface area contributed by atoms with Crippen molar-refractivity contribution in [1.82, 2.24) is 9.80 Å². The van der Waals surface area contributed by atoms with E-state index < -0.39 is 11.9 Å². The standard InChI is InChI=1S/C7H12N4O2/c1-9-5-4(8)6(12)11(3)7(13)10(5)2/h4H,8H2,1-3H3/p+1. The highest BCUT2D eigenvalue weighted by molar-refractivity contribution is 6.18. The minimum atomic E-state index is -0.780. The van der Waals surface area contributed by atoms with Gasteiger partial charge in [0.1, 0.15) is 0 Å². The van der Waals surface area contributed by atoms with Gasteiger partial charge in [0.25, 0.3) is 11.7 Å². The van der Waals surface area contributed by atoms with Crippen LogP contribution < -0.4 is 10.7 Å².